The van der Waals surface area contributed by atoms with Crippen molar-refractivity contribution < 1.29 is 14.5 Å². The second-order valence-corrected chi connectivity index (χ2v) is 7.09. The molecule has 9 heteroatoms. The molecule has 2 aromatic rings. The van der Waals surface area contributed by atoms with Gasteiger partial charge in [0, 0.05) is 56.2 Å². The fourth-order valence-electron chi connectivity index (χ4n) is 3.91. The Morgan fingerprint density at radius 1 is 1.18 bits per heavy atom. The largest absolute Gasteiger partial charge is 0.378 e. The van der Waals surface area contributed by atoms with E-state index in [-0.39, 0.29) is 11.6 Å². The lowest BCUT2D eigenvalue weighted by molar-refractivity contribution is -0.384. The summed E-state index contributed by atoms with van der Waals surface area (Å²) in [6, 6.07) is 5.18. The van der Waals surface area contributed by atoms with E-state index in [4.69, 9.17) is 4.74 Å². The summed E-state index contributed by atoms with van der Waals surface area (Å²) in [6.07, 6.45) is 7.31. The summed E-state index contributed by atoms with van der Waals surface area (Å²) >= 11 is 0. The van der Waals surface area contributed by atoms with Crippen molar-refractivity contribution in [1.82, 2.24) is 14.5 Å². The van der Waals surface area contributed by atoms with E-state index < -0.39 is 4.92 Å². The van der Waals surface area contributed by atoms with Crippen molar-refractivity contribution in [3.63, 3.8) is 0 Å². The van der Waals surface area contributed by atoms with Gasteiger partial charge in [0.25, 0.3) is 11.6 Å². The number of rotatable bonds is 4. The maximum absolute atomic E-state index is 12.7. The Bertz CT molecular complexity index is 840. The molecule has 1 amide bonds. The maximum Gasteiger partial charge on any atom is 0.293 e. The summed E-state index contributed by atoms with van der Waals surface area (Å²) < 4.78 is 7.36. The minimum absolute atomic E-state index is 0.0137. The predicted octanol–water partition coefficient (Wildman–Crippen LogP) is 2.11. The minimum atomic E-state index is -0.395. The van der Waals surface area contributed by atoms with Crippen molar-refractivity contribution in [2.45, 2.75) is 18.9 Å². The van der Waals surface area contributed by atoms with Gasteiger partial charge in [-0.2, -0.15) is 0 Å². The van der Waals surface area contributed by atoms with Gasteiger partial charge in [-0.15, -0.1) is 0 Å². The van der Waals surface area contributed by atoms with Gasteiger partial charge in [0.1, 0.15) is 5.69 Å². The van der Waals surface area contributed by atoms with Gasteiger partial charge in [0.2, 0.25) is 0 Å². The van der Waals surface area contributed by atoms with Crippen LogP contribution in [-0.2, 0) is 4.74 Å². The van der Waals surface area contributed by atoms with Gasteiger partial charge in [-0.1, -0.05) is 0 Å². The van der Waals surface area contributed by atoms with E-state index in [1.807, 2.05) is 17.4 Å². The summed E-state index contributed by atoms with van der Waals surface area (Å²) in [7, 11) is 0. The molecule has 2 aliphatic heterocycles. The van der Waals surface area contributed by atoms with Gasteiger partial charge >= 0.3 is 0 Å². The van der Waals surface area contributed by atoms with E-state index in [1.165, 1.54) is 6.07 Å². The molecule has 0 spiro atoms. The quantitative estimate of drug-likeness (QED) is 0.591. The summed E-state index contributed by atoms with van der Waals surface area (Å²) in [4.78, 5) is 31.8. The van der Waals surface area contributed by atoms with Crippen LogP contribution < -0.4 is 4.90 Å². The first kappa shape index (κ1) is 18.4. The Labute approximate surface area is 162 Å². The summed E-state index contributed by atoms with van der Waals surface area (Å²) in [5.74, 6) is -0.184. The third-order valence-electron chi connectivity index (χ3n) is 5.47. The van der Waals surface area contributed by atoms with E-state index in [2.05, 4.69) is 9.55 Å². The molecule has 0 bridgehead atoms. The Balaban J connectivity index is 1.51. The molecule has 2 saturated heterocycles. The van der Waals surface area contributed by atoms with Crippen LogP contribution in [0.1, 0.15) is 29.2 Å². The number of hydrogen-bond acceptors (Lipinski definition) is 6. The molecule has 148 valence electrons. The topological polar surface area (TPSA) is 93.7 Å². The van der Waals surface area contributed by atoms with Crippen LogP contribution in [0.2, 0.25) is 0 Å². The fraction of sp³-hybridized carbons (Fsp3) is 0.474. The number of ether oxygens (including phenoxy) is 1. The average molecular weight is 385 g/mol. The molecule has 0 aliphatic carbocycles. The fourth-order valence-corrected chi connectivity index (χ4v) is 3.91. The Hall–Kier alpha value is -2.94. The molecule has 4 rings (SSSR count). The van der Waals surface area contributed by atoms with E-state index in [1.54, 1.807) is 23.2 Å². The number of piperidine rings is 1. The Kier molecular flexibility index (Phi) is 5.25. The number of nitrogens with zero attached hydrogens (tertiary/aromatic N) is 5. The second-order valence-electron chi connectivity index (χ2n) is 7.09. The molecule has 0 atom stereocenters. The van der Waals surface area contributed by atoms with Crippen LogP contribution in [0.15, 0.2) is 36.9 Å². The third kappa shape index (κ3) is 3.70. The molecule has 0 N–H and O–H groups in total. The lowest BCUT2D eigenvalue weighted by Crippen LogP contribution is -2.40. The number of aromatic nitrogens is 2. The van der Waals surface area contributed by atoms with Crippen LogP contribution in [0.5, 0.6) is 0 Å². The number of carbonyl (C=O) groups excluding carboxylic acids is 1. The van der Waals surface area contributed by atoms with Gasteiger partial charge in [0.15, 0.2) is 0 Å². The summed E-state index contributed by atoms with van der Waals surface area (Å²) in [5, 5.41) is 11.7. The molecule has 0 saturated carbocycles. The molecule has 3 heterocycles. The number of imidazole rings is 1. The van der Waals surface area contributed by atoms with E-state index in [9.17, 15) is 14.9 Å². The minimum Gasteiger partial charge on any atom is -0.378 e. The molecule has 2 fully saturated rings. The monoisotopic (exact) mass is 385 g/mol. The number of hydrogen-bond donors (Lipinski definition) is 0. The zero-order chi connectivity index (χ0) is 19.5. The molecule has 2 aliphatic rings. The smallest absolute Gasteiger partial charge is 0.293 e. The average Bonchev–Trinajstić information content (AvgIpc) is 3.28. The number of amides is 1. The molecule has 0 unspecified atom stereocenters. The van der Waals surface area contributed by atoms with Gasteiger partial charge in [-0.3, -0.25) is 14.9 Å². The standard InChI is InChI=1S/C19H23N5O4/c25-19(22-9-11-28-12-10-22)15-1-2-17(18(13-15)24(26)27)21-6-3-16(4-7-21)23-8-5-20-14-23/h1-2,5,8,13-14,16H,3-4,6-7,9-12H2. The molecular weight excluding hydrogens is 362 g/mol. The lowest BCUT2D eigenvalue weighted by atomic mass is 10.0. The predicted molar refractivity (Wildman–Crippen MR) is 103 cm³/mol. The third-order valence-corrected chi connectivity index (χ3v) is 5.47. The summed E-state index contributed by atoms with van der Waals surface area (Å²) in [6.45, 7) is 3.46. The van der Waals surface area contributed by atoms with E-state index in [0.29, 0.717) is 43.6 Å². The number of anilines is 1. The zero-order valence-corrected chi connectivity index (χ0v) is 15.6. The second kappa shape index (κ2) is 7.97. The highest BCUT2D eigenvalue weighted by Gasteiger charge is 2.27. The van der Waals surface area contributed by atoms with Gasteiger partial charge < -0.3 is 19.1 Å². The molecule has 28 heavy (non-hydrogen) atoms. The van der Waals surface area contributed by atoms with Crippen molar-refractivity contribution >= 4 is 17.3 Å². The van der Waals surface area contributed by atoms with Crippen molar-refractivity contribution in [3.8, 4) is 0 Å². The highest BCUT2D eigenvalue weighted by Crippen LogP contribution is 2.33. The number of morpholine rings is 1. The number of nitro benzene ring substituents is 1. The Morgan fingerprint density at radius 3 is 2.57 bits per heavy atom. The van der Waals surface area contributed by atoms with Gasteiger partial charge in [-0.05, 0) is 25.0 Å². The van der Waals surface area contributed by atoms with E-state index >= 15 is 0 Å². The van der Waals surface area contributed by atoms with Crippen molar-refractivity contribution in [2.24, 2.45) is 0 Å². The van der Waals surface area contributed by atoms with Crippen molar-refractivity contribution in [2.75, 3.05) is 44.3 Å². The summed E-state index contributed by atoms with van der Waals surface area (Å²) in [5.41, 5.74) is 0.915. The molecule has 0 radical (unpaired) electrons. The van der Waals surface area contributed by atoms with Crippen LogP contribution in [-0.4, -0.2) is 64.7 Å². The van der Waals surface area contributed by atoms with Crippen LogP contribution in [0, 0.1) is 10.1 Å². The number of nitro groups is 1. The number of carbonyl (C=O) groups is 1. The molecule has 1 aromatic heterocycles. The van der Waals surface area contributed by atoms with Crippen LogP contribution in [0.3, 0.4) is 0 Å². The molecule has 9 nitrogen and oxygen atoms in total. The highest BCUT2D eigenvalue weighted by molar-refractivity contribution is 5.96. The maximum atomic E-state index is 12.7. The van der Waals surface area contributed by atoms with E-state index in [0.717, 1.165) is 25.9 Å². The Morgan fingerprint density at radius 2 is 1.93 bits per heavy atom. The SMILES string of the molecule is O=C(c1ccc(N2CCC(n3ccnc3)CC2)c([N+](=O)[O-])c1)N1CCOCC1. The molecule has 1 aromatic carbocycles. The number of benzene rings is 1. The normalized spacial score (nSPS) is 18.3. The van der Waals surface area contributed by atoms with Gasteiger partial charge in [-0.25, -0.2) is 4.98 Å². The highest BCUT2D eigenvalue weighted by atomic mass is 16.6. The van der Waals surface area contributed by atoms with Crippen molar-refractivity contribution in [3.05, 3.63) is 52.6 Å². The first-order chi connectivity index (χ1) is 13.6. The van der Waals surface area contributed by atoms with Crippen LogP contribution in [0.4, 0.5) is 11.4 Å². The lowest BCUT2D eigenvalue weighted by Gasteiger charge is -2.34. The molecular formula is C19H23N5O4. The first-order valence-electron chi connectivity index (χ1n) is 9.51. The van der Waals surface area contributed by atoms with Crippen LogP contribution >= 0.6 is 0 Å². The van der Waals surface area contributed by atoms with Crippen molar-refractivity contribution in [1.29, 1.82) is 0 Å². The van der Waals surface area contributed by atoms with Crippen LogP contribution in [0.25, 0.3) is 0 Å². The van der Waals surface area contributed by atoms with Gasteiger partial charge in [0.05, 0.1) is 24.5 Å². The first-order valence-corrected chi connectivity index (χ1v) is 9.51. The zero-order valence-electron chi connectivity index (χ0n) is 15.6.